The number of imidazole rings is 1. The van der Waals surface area contributed by atoms with E-state index in [2.05, 4.69) is 26.9 Å². The van der Waals surface area contributed by atoms with E-state index in [4.69, 9.17) is 4.99 Å². The van der Waals surface area contributed by atoms with Gasteiger partial charge < -0.3 is 4.98 Å². The maximum atomic E-state index is 13.7. The van der Waals surface area contributed by atoms with Crippen molar-refractivity contribution in [3.05, 3.63) is 42.0 Å². The number of amidine groups is 1. The van der Waals surface area contributed by atoms with Gasteiger partial charge in [0.25, 0.3) is 0 Å². The standard InChI is InChI=1S/C20H21N6OS/c1-3-26(13-7-8-13)15(25-14-6-4-5-12(2)16(14)20(26)27)9-28-19-17-18(22-10-21-17)23-11-24-19/h4-6,10-11,13H,3,7-9H2,1-2H3,(H,21,22,23,24)/q+1. The molecule has 1 aromatic carbocycles. The van der Waals surface area contributed by atoms with Crippen molar-refractivity contribution >= 4 is 40.4 Å². The normalized spacial score (nSPS) is 21.6. The molecule has 7 nitrogen and oxygen atoms in total. The van der Waals surface area contributed by atoms with Crippen molar-refractivity contribution < 1.29 is 9.28 Å². The highest BCUT2D eigenvalue weighted by Gasteiger charge is 2.56. The Bertz CT molecular complexity index is 1120. The van der Waals surface area contributed by atoms with Crippen molar-refractivity contribution in [1.82, 2.24) is 19.9 Å². The Morgan fingerprint density at radius 3 is 2.89 bits per heavy atom. The molecular formula is C20H21N6OS+. The highest BCUT2D eigenvalue weighted by molar-refractivity contribution is 8.00. The summed E-state index contributed by atoms with van der Waals surface area (Å²) in [5.74, 6) is 1.71. The minimum absolute atomic E-state index is 0.191. The number of carbonyl (C=O) groups excluding carboxylic acids is 1. The number of quaternary nitrogens is 1. The molecule has 0 saturated heterocycles. The zero-order valence-electron chi connectivity index (χ0n) is 15.8. The number of hydrogen-bond acceptors (Lipinski definition) is 6. The van der Waals surface area contributed by atoms with Gasteiger partial charge in [-0.25, -0.2) is 24.2 Å². The molecule has 2 aromatic heterocycles. The van der Waals surface area contributed by atoms with Crippen LogP contribution < -0.4 is 0 Å². The highest BCUT2D eigenvalue weighted by Crippen LogP contribution is 2.43. The third kappa shape index (κ3) is 2.51. The Kier molecular flexibility index (Phi) is 4.06. The van der Waals surface area contributed by atoms with Gasteiger partial charge in [-0.2, -0.15) is 4.99 Å². The molecule has 2 aliphatic rings. The van der Waals surface area contributed by atoms with Crippen molar-refractivity contribution in [3.8, 4) is 0 Å². The molecule has 1 amide bonds. The molecule has 1 aliphatic carbocycles. The number of hydrogen-bond donors (Lipinski definition) is 1. The van der Waals surface area contributed by atoms with Gasteiger partial charge in [-0.3, -0.25) is 0 Å². The smallest absolute Gasteiger partial charge is 0.329 e. The minimum Gasteiger partial charge on any atom is -0.329 e. The number of aromatic nitrogens is 4. The molecule has 8 heteroatoms. The summed E-state index contributed by atoms with van der Waals surface area (Å²) in [7, 11) is 0. The first-order valence-corrected chi connectivity index (χ1v) is 10.5. The van der Waals surface area contributed by atoms with E-state index in [1.807, 2.05) is 25.1 Å². The van der Waals surface area contributed by atoms with Gasteiger partial charge >= 0.3 is 5.91 Å². The molecule has 1 saturated carbocycles. The lowest BCUT2D eigenvalue weighted by Crippen LogP contribution is -2.60. The van der Waals surface area contributed by atoms with Crippen LogP contribution in [0.25, 0.3) is 11.2 Å². The third-order valence-electron chi connectivity index (χ3n) is 5.73. The Morgan fingerprint density at radius 1 is 1.25 bits per heavy atom. The molecule has 5 rings (SSSR count). The fourth-order valence-electron chi connectivity index (χ4n) is 4.17. The van der Waals surface area contributed by atoms with Crippen molar-refractivity contribution in [2.24, 2.45) is 4.99 Å². The summed E-state index contributed by atoms with van der Waals surface area (Å²) in [5, 5.41) is 0.807. The lowest BCUT2D eigenvalue weighted by Gasteiger charge is -2.38. The molecule has 1 aliphatic heterocycles. The molecule has 3 heterocycles. The van der Waals surface area contributed by atoms with Gasteiger partial charge in [0.2, 0.25) is 5.84 Å². The highest BCUT2D eigenvalue weighted by atomic mass is 32.2. The molecule has 1 unspecified atom stereocenters. The zero-order chi connectivity index (χ0) is 19.3. The molecule has 1 fully saturated rings. The zero-order valence-corrected chi connectivity index (χ0v) is 16.7. The van der Waals surface area contributed by atoms with Crippen LogP contribution in [0, 0.1) is 6.92 Å². The van der Waals surface area contributed by atoms with Crippen molar-refractivity contribution in [2.45, 2.75) is 37.8 Å². The number of rotatable bonds is 5. The Labute approximate surface area is 166 Å². The van der Waals surface area contributed by atoms with E-state index in [-0.39, 0.29) is 5.91 Å². The second kappa shape index (κ2) is 6.49. The summed E-state index contributed by atoms with van der Waals surface area (Å²) in [6.45, 7) is 4.81. The molecule has 0 spiro atoms. The average molecular weight is 393 g/mol. The maximum Gasteiger partial charge on any atom is 0.354 e. The van der Waals surface area contributed by atoms with Crippen LogP contribution in [0.15, 0.2) is 40.9 Å². The fourth-order valence-corrected chi connectivity index (χ4v) is 5.14. The number of carbonyl (C=O) groups is 1. The number of H-pyrrole nitrogens is 1. The quantitative estimate of drug-likeness (QED) is 0.406. The summed E-state index contributed by atoms with van der Waals surface area (Å²) >= 11 is 1.57. The van der Waals surface area contributed by atoms with Gasteiger partial charge in [0, 0.05) is 12.8 Å². The van der Waals surface area contributed by atoms with Gasteiger partial charge in [0.1, 0.15) is 28.5 Å². The second-order valence-corrected chi connectivity index (χ2v) is 8.25. The van der Waals surface area contributed by atoms with Crippen LogP contribution in [-0.4, -0.2) is 54.5 Å². The summed E-state index contributed by atoms with van der Waals surface area (Å²) in [6, 6.07) is 6.24. The van der Waals surface area contributed by atoms with Crippen LogP contribution in [0.1, 0.15) is 35.7 Å². The molecule has 1 atom stereocenters. The molecule has 3 aromatic rings. The van der Waals surface area contributed by atoms with Crippen LogP contribution in [0.3, 0.4) is 0 Å². The molecule has 142 valence electrons. The van der Waals surface area contributed by atoms with E-state index in [9.17, 15) is 4.79 Å². The van der Waals surface area contributed by atoms with Crippen molar-refractivity contribution in [3.63, 3.8) is 0 Å². The van der Waals surface area contributed by atoms with Crippen LogP contribution in [0.5, 0.6) is 0 Å². The fraction of sp³-hybridized carbons (Fsp3) is 0.350. The lowest BCUT2D eigenvalue weighted by molar-refractivity contribution is -0.768. The Hall–Kier alpha value is -2.58. The monoisotopic (exact) mass is 393 g/mol. The number of amides is 1. The molecule has 0 bridgehead atoms. The van der Waals surface area contributed by atoms with Crippen molar-refractivity contribution in [1.29, 1.82) is 0 Å². The number of aryl methyl sites for hydroxylation is 1. The van der Waals surface area contributed by atoms with E-state index in [0.717, 1.165) is 58.2 Å². The number of thioether (sulfide) groups is 1. The molecule has 28 heavy (non-hydrogen) atoms. The summed E-state index contributed by atoms with van der Waals surface area (Å²) in [4.78, 5) is 34.7. The average Bonchev–Trinajstić information content (AvgIpc) is 3.43. The van der Waals surface area contributed by atoms with Crippen LogP contribution in [0.4, 0.5) is 5.69 Å². The summed E-state index contributed by atoms with van der Waals surface area (Å²) in [6.07, 6.45) is 5.31. The predicted molar refractivity (Wildman–Crippen MR) is 109 cm³/mol. The summed E-state index contributed by atoms with van der Waals surface area (Å²) in [5.41, 5.74) is 4.05. The van der Waals surface area contributed by atoms with Gasteiger partial charge in [0.15, 0.2) is 5.65 Å². The SMILES string of the molecule is CC[N+]1(C2CC2)C(=O)c2c(C)cccc2N=C1CSc1ncnc2[nH]cnc12. The number of benzene rings is 1. The van der Waals surface area contributed by atoms with Crippen LogP contribution in [-0.2, 0) is 0 Å². The predicted octanol–water partition coefficient (Wildman–Crippen LogP) is 3.64. The van der Waals surface area contributed by atoms with E-state index in [0.29, 0.717) is 16.3 Å². The second-order valence-electron chi connectivity index (χ2n) is 7.29. The number of aliphatic imine (C=N–C) groups is 1. The largest absolute Gasteiger partial charge is 0.354 e. The number of fused-ring (bicyclic) bond motifs is 2. The first kappa shape index (κ1) is 17.5. The number of aromatic amines is 1. The van der Waals surface area contributed by atoms with E-state index in [1.165, 1.54) is 6.33 Å². The maximum absolute atomic E-state index is 13.7. The van der Waals surface area contributed by atoms with Crippen molar-refractivity contribution in [2.75, 3.05) is 12.3 Å². The molecule has 1 N–H and O–H groups in total. The van der Waals surface area contributed by atoms with E-state index < -0.39 is 0 Å². The summed E-state index contributed by atoms with van der Waals surface area (Å²) < 4.78 is 0.347. The van der Waals surface area contributed by atoms with Gasteiger partial charge in [0.05, 0.1) is 24.3 Å². The lowest BCUT2D eigenvalue weighted by atomic mass is 10.0. The van der Waals surface area contributed by atoms with Gasteiger partial charge in [-0.15, -0.1) is 0 Å². The molecular weight excluding hydrogens is 372 g/mol. The first-order valence-electron chi connectivity index (χ1n) is 9.52. The Balaban J connectivity index is 1.57. The van der Waals surface area contributed by atoms with Gasteiger partial charge in [-0.1, -0.05) is 23.9 Å². The topological polar surface area (TPSA) is 83.9 Å². The van der Waals surface area contributed by atoms with E-state index in [1.54, 1.807) is 18.1 Å². The van der Waals surface area contributed by atoms with Crippen LogP contribution >= 0.6 is 11.8 Å². The number of nitrogens with one attached hydrogen (secondary N) is 1. The first-order chi connectivity index (χ1) is 13.6. The van der Waals surface area contributed by atoms with E-state index >= 15 is 0 Å². The number of nitrogens with zero attached hydrogens (tertiary/aromatic N) is 5. The van der Waals surface area contributed by atoms with Crippen LogP contribution in [0.2, 0.25) is 0 Å². The molecule has 0 radical (unpaired) electrons. The minimum atomic E-state index is 0.191. The van der Waals surface area contributed by atoms with Gasteiger partial charge in [-0.05, 0) is 25.5 Å². The third-order valence-corrected chi connectivity index (χ3v) is 6.70. The Morgan fingerprint density at radius 2 is 2.11 bits per heavy atom.